The van der Waals surface area contributed by atoms with Gasteiger partial charge in [-0.3, -0.25) is 14.5 Å². The van der Waals surface area contributed by atoms with E-state index in [-0.39, 0.29) is 24.5 Å². The number of halogens is 1. The van der Waals surface area contributed by atoms with E-state index in [9.17, 15) is 14.4 Å². The van der Waals surface area contributed by atoms with Crippen LogP contribution in [0.3, 0.4) is 0 Å². The van der Waals surface area contributed by atoms with Gasteiger partial charge in [-0.05, 0) is 19.1 Å². The molecule has 2 heterocycles. The van der Waals surface area contributed by atoms with E-state index in [1.807, 2.05) is 24.4 Å². The topological polar surface area (TPSA) is 80.3 Å². The number of nitrogens with two attached hydrogens (primary N) is 1. The second-order valence-corrected chi connectivity index (χ2v) is 7.03. The number of carbonyl (C=O) groups is 3. The lowest BCUT2D eigenvalue weighted by atomic mass is 9.78. The molecule has 2 aliphatic heterocycles. The van der Waals surface area contributed by atoms with Crippen LogP contribution >= 0.6 is 11.6 Å². The van der Waals surface area contributed by atoms with Gasteiger partial charge in [0.05, 0.1) is 6.61 Å². The molecule has 2 saturated heterocycles. The molecule has 2 N–H and O–H groups in total. The first-order chi connectivity index (χ1) is 11.9. The Morgan fingerprint density at radius 2 is 1.88 bits per heavy atom. The highest BCUT2D eigenvalue weighted by Crippen LogP contribution is 2.45. The van der Waals surface area contributed by atoms with Crippen LogP contribution in [0.4, 0.5) is 0 Å². The molecule has 3 rings (SSSR count). The molecule has 7 heteroatoms. The van der Waals surface area contributed by atoms with Gasteiger partial charge in [-0.2, -0.15) is 0 Å². The molecule has 2 aliphatic rings. The molecule has 2 amide bonds. The van der Waals surface area contributed by atoms with E-state index in [1.54, 1.807) is 19.1 Å². The molecule has 0 bridgehead atoms. The Hall–Kier alpha value is -1.92. The first-order valence-corrected chi connectivity index (χ1v) is 8.85. The lowest BCUT2D eigenvalue weighted by Crippen LogP contribution is -2.98. The highest BCUT2D eigenvalue weighted by molar-refractivity contribution is 6.30. The molecule has 0 aromatic heterocycles. The van der Waals surface area contributed by atoms with Crippen molar-refractivity contribution in [1.82, 2.24) is 4.90 Å². The second-order valence-electron chi connectivity index (χ2n) is 6.60. The monoisotopic (exact) mass is 365 g/mol. The zero-order valence-electron chi connectivity index (χ0n) is 14.5. The zero-order chi connectivity index (χ0) is 18.4. The van der Waals surface area contributed by atoms with Crippen LogP contribution in [0, 0.1) is 11.8 Å². The fraction of sp³-hybridized carbons (Fsp3) is 0.500. The number of carbonyl (C=O) groups excluding carboxylic acids is 3. The van der Waals surface area contributed by atoms with Crippen molar-refractivity contribution >= 4 is 29.4 Å². The first kappa shape index (κ1) is 17.9. The van der Waals surface area contributed by atoms with Crippen LogP contribution in [0.2, 0.25) is 5.02 Å². The normalized spacial score (nSPS) is 31.4. The number of quaternary nitrogens is 1. The molecule has 0 radical (unpaired) electrons. The van der Waals surface area contributed by atoms with Crippen molar-refractivity contribution in [2.24, 2.45) is 11.8 Å². The van der Waals surface area contributed by atoms with Crippen LogP contribution in [-0.4, -0.2) is 41.9 Å². The molecule has 4 atom stereocenters. The summed E-state index contributed by atoms with van der Waals surface area (Å²) in [5, 5.41) is 2.45. The van der Waals surface area contributed by atoms with Gasteiger partial charge in [0, 0.05) is 24.1 Å². The largest absolute Gasteiger partial charge is 0.461 e. The minimum absolute atomic E-state index is 0.232. The third kappa shape index (κ3) is 2.55. The van der Waals surface area contributed by atoms with Crippen molar-refractivity contribution in [2.45, 2.75) is 31.8 Å². The number of rotatable bonds is 4. The molecule has 134 valence electrons. The van der Waals surface area contributed by atoms with E-state index < -0.39 is 23.3 Å². The fourth-order valence-corrected chi connectivity index (χ4v) is 4.32. The van der Waals surface area contributed by atoms with Crippen LogP contribution in [0.1, 0.15) is 31.9 Å². The quantitative estimate of drug-likeness (QED) is 0.635. The maximum absolute atomic E-state index is 12.8. The SMILES string of the molecule is CCOC(=O)[C@@]1(CC)[NH2+][C@@H](c2ccc(Cl)cc2)[C@H]2C(=O)N(C)C(=O)[C@H]21. The van der Waals surface area contributed by atoms with Crippen LogP contribution < -0.4 is 5.32 Å². The number of hydrogen-bond acceptors (Lipinski definition) is 4. The van der Waals surface area contributed by atoms with Crippen molar-refractivity contribution < 1.29 is 24.4 Å². The van der Waals surface area contributed by atoms with E-state index in [1.165, 1.54) is 7.05 Å². The van der Waals surface area contributed by atoms with Gasteiger partial charge < -0.3 is 10.1 Å². The number of fused-ring (bicyclic) bond motifs is 1. The predicted octanol–water partition coefficient (Wildman–Crippen LogP) is 0.901. The van der Waals surface area contributed by atoms with Crippen molar-refractivity contribution in [3.63, 3.8) is 0 Å². The highest BCUT2D eigenvalue weighted by atomic mass is 35.5. The molecule has 1 aromatic carbocycles. The molecule has 6 nitrogen and oxygen atoms in total. The summed E-state index contributed by atoms with van der Waals surface area (Å²) in [5.41, 5.74) is -0.210. The predicted molar refractivity (Wildman–Crippen MR) is 90.5 cm³/mol. The van der Waals surface area contributed by atoms with E-state index in [2.05, 4.69) is 0 Å². The van der Waals surface area contributed by atoms with E-state index >= 15 is 0 Å². The number of hydrogen-bond donors (Lipinski definition) is 1. The average Bonchev–Trinajstić information content (AvgIpc) is 3.06. The van der Waals surface area contributed by atoms with Crippen LogP contribution in [-0.2, 0) is 19.1 Å². The van der Waals surface area contributed by atoms with Gasteiger partial charge in [0.2, 0.25) is 17.4 Å². The van der Waals surface area contributed by atoms with Gasteiger partial charge in [0.1, 0.15) is 17.9 Å². The summed E-state index contributed by atoms with van der Waals surface area (Å²) in [7, 11) is 1.48. The molecule has 0 unspecified atom stereocenters. The Labute approximate surface area is 151 Å². The van der Waals surface area contributed by atoms with Crippen molar-refractivity contribution in [1.29, 1.82) is 0 Å². The molecule has 0 aliphatic carbocycles. The van der Waals surface area contributed by atoms with Gasteiger partial charge in [-0.15, -0.1) is 0 Å². The summed E-state index contributed by atoms with van der Waals surface area (Å²) in [6.07, 6.45) is 0.407. The Kier molecular flexibility index (Phi) is 4.60. The van der Waals surface area contributed by atoms with E-state index in [0.29, 0.717) is 11.4 Å². The molecular formula is C18H22ClN2O4+. The second kappa shape index (κ2) is 6.42. The molecule has 1 aromatic rings. The summed E-state index contributed by atoms with van der Waals surface area (Å²) in [6, 6.07) is 6.86. The number of ether oxygens (including phenoxy) is 1. The number of nitrogens with zero attached hydrogens (tertiary/aromatic N) is 1. The number of likely N-dealkylation sites (tertiary alicyclic amines) is 1. The number of imide groups is 1. The summed E-state index contributed by atoms with van der Waals surface area (Å²) in [4.78, 5) is 39.4. The summed E-state index contributed by atoms with van der Waals surface area (Å²) < 4.78 is 5.28. The van der Waals surface area contributed by atoms with Gasteiger partial charge in [-0.25, -0.2) is 4.79 Å². The highest BCUT2D eigenvalue weighted by Gasteiger charge is 2.71. The smallest absolute Gasteiger partial charge is 0.368 e. The number of benzene rings is 1. The third-order valence-corrected chi connectivity index (χ3v) is 5.74. The Bertz CT molecular complexity index is 720. The van der Waals surface area contributed by atoms with Gasteiger partial charge >= 0.3 is 5.97 Å². The lowest BCUT2D eigenvalue weighted by Gasteiger charge is -2.28. The van der Waals surface area contributed by atoms with E-state index in [4.69, 9.17) is 16.3 Å². The molecule has 0 spiro atoms. The summed E-state index contributed by atoms with van der Waals surface area (Å²) in [5.74, 6) is -2.28. The number of esters is 1. The van der Waals surface area contributed by atoms with Crippen LogP contribution in [0.15, 0.2) is 24.3 Å². The lowest BCUT2D eigenvalue weighted by molar-refractivity contribution is -0.734. The van der Waals surface area contributed by atoms with Gasteiger partial charge in [-0.1, -0.05) is 30.7 Å². The summed E-state index contributed by atoms with van der Waals surface area (Å²) in [6.45, 7) is 3.82. The minimum atomic E-state index is -1.08. The van der Waals surface area contributed by atoms with Gasteiger partial charge in [0.15, 0.2) is 0 Å². The Balaban J connectivity index is 2.10. The van der Waals surface area contributed by atoms with Crippen molar-refractivity contribution in [3.8, 4) is 0 Å². The Morgan fingerprint density at radius 3 is 2.44 bits per heavy atom. The molecular weight excluding hydrogens is 344 g/mol. The van der Waals surface area contributed by atoms with Crippen LogP contribution in [0.25, 0.3) is 0 Å². The average molecular weight is 366 g/mol. The third-order valence-electron chi connectivity index (χ3n) is 5.49. The standard InChI is InChI=1S/C18H21ClN2O4/c1-4-18(17(24)25-5-2)13-12(15(22)21(3)16(13)23)14(20-18)10-6-8-11(19)9-7-10/h6-9,12-14,20H,4-5H2,1-3H3/p+1/t12-,13-,14-,18-/m0/s1. The molecule has 2 fully saturated rings. The van der Waals surface area contributed by atoms with Crippen molar-refractivity contribution in [2.75, 3.05) is 13.7 Å². The molecule has 25 heavy (non-hydrogen) atoms. The first-order valence-electron chi connectivity index (χ1n) is 8.47. The maximum Gasteiger partial charge on any atom is 0.368 e. The molecule has 0 saturated carbocycles. The minimum Gasteiger partial charge on any atom is -0.461 e. The zero-order valence-corrected chi connectivity index (χ0v) is 15.2. The van der Waals surface area contributed by atoms with Gasteiger partial charge in [0.25, 0.3) is 0 Å². The fourth-order valence-electron chi connectivity index (χ4n) is 4.20. The number of amides is 2. The van der Waals surface area contributed by atoms with Crippen LogP contribution in [0.5, 0.6) is 0 Å². The van der Waals surface area contributed by atoms with E-state index in [0.717, 1.165) is 10.5 Å². The van der Waals surface area contributed by atoms with Crippen molar-refractivity contribution in [3.05, 3.63) is 34.9 Å². The maximum atomic E-state index is 12.8. The Morgan fingerprint density at radius 1 is 1.24 bits per heavy atom. The summed E-state index contributed by atoms with van der Waals surface area (Å²) >= 11 is 5.97.